The summed E-state index contributed by atoms with van der Waals surface area (Å²) in [6, 6.07) is 5.70. The van der Waals surface area contributed by atoms with E-state index in [-0.39, 0.29) is 5.78 Å². The molecular weight excluding hydrogens is 292 g/mol. The lowest BCUT2D eigenvalue weighted by Crippen LogP contribution is -2.04. The Labute approximate surface area is 115 Å². The van der Waals surface area contributed by atoms with Crippen molar-refractivity contribution in [1.82, 2.24) is 0 Å². The predicted molar refractivity (Wildman–Crippen MR) is 75.2 cm³/mol. The van der Waals surface area contributed by atoms with Crippen LogP contribution in [0.4, 0.5) is 0 Å². The molecule has 94 valence electrons. The molecule has 0 saturated carbocycles. The molecule has 3 heteroatoms. The number of carbonyl (C=O) groups is 1. The predicted octanol–water partition coefficient (Wildman–Crippen LogP) is 4.51. The van der Waals surface area contributed by atoms with Crippen LogP contribution in [0.1, 0.15) is 38.6 Å². The van der Waals surface area contributed by atoms with Gasteiger partial charge in [0.25, 0.3) is 0 Å². The van der Waals surface area contributed by atoms with Gasteiger partial charge in [-0.1, -0.05) is 15.9 Å². The van der Waals surface area contributed by atoms with Crippen LogP contribution in [0.2, 0.25) is 0 Å². The third-order valence-electron chi connectivity index (χ3n) is 3.04. The van der Waals surface area contributed by atoms with E-state index in [1.165, 1.54) is 0 Å². The van der Waals surface area contributed by atoms with Gasteiger partial charge in [0.15, 0.2) is 5.78 Å². The van der Waals surface area contributed by atoms with Gasteiger partial charge in [-0.05, 0) is 57.0 Å². The van der Waals surface area contributed by atoms with Crippen molar-refractivity contribution in [3.05, 3.63) is 56.4 Å². The Balaban J connectivity index is 2.53. The Kier molecular flexibility index (Phi) is 3.44. The number of rotatable bonds is 2. The first-order chi connectivity index (χ1) is 8.40. The van der Waals surface area contributed by atoms with E-state index in [0.717, 1.165) is 26.9 Å². The largest absolute Gasteiger partial charge is 0.466 e. The number of aryl methyl sites for hydroxylation is 4. The third kappa shape index (κ3) is 2.27. The molecule has 2 nitrogen and oxygen atoms in total. The lowest BCUT2D eigenvalue weighted by Gasteiger charge is -2.07. The van der Waals surface area contributed by atoms with Crippen LogP contribution < -0.4 is 0 Å². The van der Waals surface area contributed by atoms with Crippen molar-refractivity contribution in [2.24, 2.45) is 0 Å². The Bertz CT molecular complexity index is 624. The molecule has 2 aromatic rings. The maximum Gasteiger partial charge on any atom is 0.196 e. The zero-order chi connectivity index (χ0) is 13.4. The summed E-state index contributed by atoms with van der Waals surface area (Å²) < 4.78 is 6.45. The average molecular weight is 307 g/mol. The van der Waals surface area contributed by atoms with E-state index < -0.39 is 0 Å². The summed E-state index contributed by atoms with van der Waals surface area (Å²) in [6.07, 6.45) is 0. The van der Waals surface area contributed by atoms with Crippen molar-refractivity contribution >= 4 is 21.7 Å². The molecule has 0 atom stereocenters. The lowest BCUT2D eigenvalue weighted by molar-refractivity contribution is 0.103. The zero-order valence-corrected chi connectivity index (χ0v) is 12.5. The Morgan fingerprint density at radius 1 is 1.00 bits per heavy atom. The molecule has 0 aliphatic rings. The quantitative estimate of drug-likeness (QED) is 0.764. The Hall–Kier alpha value is -1.35. The molecule has 0 saturated heterocycles. The number of benzene rings is 1. The highest BCUT2D eigenvalue weighted by Crippen LogP contribution is 2.25. The van der Waals surface area contributed by atoms with Crippen molar-refractivity contribution in [1.29, 1.82) is 0 Å². The van der Waals surface area contributed by atoms with Crippen molar-refractivity contribution in [3.8, 4) is 0 Å². The molecule has 0 amide bonds. The van der Waals surface area contributed by atoms with Gasteiger partial charge in [0.2, 0.25) is 0 Å². The molecular formula is C15H15BrO2. The van der Waals surface area contributed by atoms with Gasteiger partial charge in [0.05, 0.1) is 5.56 Å². The average Bonchev–Trinajstić information content (AvgIpc) is 2.62. The van der Waals surface area contributed by atoms with Crippen LogP contribution >= 0.6 is 15.9 Å². The summed E-state index contributed by atoms with van der Waals surface area (Å²) in [5.41, 5.74) is 3.41. The van der Waals surface area contributed by atoms with E-state index in [4.69, 9.17) is 4.42 Å². The normalized spacial score (nSPS) is 10.7. The molecule has 1 aromatic heterocycles. The number of halogens is 1. The number of ketones is 1. The van der Waals surface area contributed by atoms with Crippen molar-refractivity contribution in [3.63, 3.8) is 0 Å². The minimum Gasteiger partial charge on any atom is -0.466 e. The van der Waals surface area contributed by atoms with E-state index in [0.29, 0.717) is 11.3 Å². The van der Waals surface area contributed by atoms with Gasteiger partial charge in [-0.3, -0.25) is 4.79 Å². The molecule has 1 heterocycles. The number of carbonyl (C=O) groups excluding carboxylic acids is 1. The standard InChI is InChI=1S/C15H15BrO2/c1-8-6-14(16)9(2)5-12(8)15(17)13-7-10(3)18-11(13)4/h5-7H,1-4H3. The van der Waals surface area contributed by atoms with E-state index >= 15 is 0 Å². The number of hydrogen-bond donors (Lipinski definition) is 0. The zero-order valence-electron chi connectivity index (χ0n) is 10.9. The second-order valence-electron chi connectivity index (χ2n) is 4.57. The SMILES string of the molecule is Cc1cc(C(=O)c2cc(C)c(Br)cc2C)c(C)o1. The molecule has 0 N–H and O–H groups in total. The number of hydrogen-bond acceptors (Lipinski definition) is 2. The highest BCUT2D eigenvalue weighted by Gasteiger charge is 2.18. The van der Waals surface area contributed by atoms with Crippen LogP contribution in [0.3, 0.4) is 0 Å². The lowest BCUT2D eigenvalue weighted by atomic mass is 9.97. The molecule has 0 aliphatic heterocycles. The van der Waals surface area contributed by atoms with Crippen LogP contribution in [-0.4, -0.2) is 5.78 Å². The first-order valence-corrected chi connectivity index (χ1v) is 6.58. The maximum atomic E-state index is 12.5. The summed E-state index contributed by atoms with van der Waals surface area (Å²) in [5.74, 6) is 1.47. The van der Waals surface area contributed by atoms with E-state index in [2.05, 4.69) is 15.9 Å². The van der Waals surface area contributed by atoms with Gasteiger partial charge >= 0.3 is 0 Å². The fraction of sp³-hybridized carbons (Fsp3) is 0.267. The summed E-state index contributed by atoms with van der Waals surface area (Å²) >= 11 is 3.47. The maximum absolute atomic E-state index is 12.5. The van der Waals surface area contributed by atoms with Gasteiger partial charge in [-0.15, -0.1) is 0 Å². The van der Waals surface area contributed by atoms with Crippen LogP contribution in [0.25, 0.3) is 0 Å². The third-order valence-corrected chi connectivity index (χ3v) is 3.89. The summed E-state index contributed by atoms with van der Waals surface area (Å²) in [7, 11) is 0. The van der Waals surface area contributed by atoms with Gasteiger partial charge < -0.3 is 4.42 Å². The molecule has 0 bridgehead atoms. The molecule has 1 aromatic carbocycles. The second-order valence-corrected chi connectivity index (χ2v) is 5.43. The fourth-order valence-electron chi connectivity index (χ4n) is 2.03. The Morgan fingerprint density at radius 3 is 2.22 bits per heavy atom. The number of furan rings is 1. The van der Waals surface area contributed by atoms with Gasteiger partial charge in [-0.25, -0.2) is 0 Å². The highest BCUT2D eigenvalue weighted by molar-refractivity contribution is 9.10. The van der Waals surface area contributed by atoms with Crippen LogP contribution in [0.5, 0.6) is 0 Å². The topological polar surface area (TPSA) is 30.2 Å². The molecule has 0 unspecified atom stereocenters. The molecule has 0 spiro atoms. The van der Waals surface area contributed by atoms with Crippen LogP contribution in [0.15, 0.2) is 27.1 Å². The molecule has 0 fully saturated rings. The summed E-state index contributed by atoms with van der Waals surface area (Å²) in [5, 5.41) is 0. The molecule has 0 radical (unpaired) electrons. The first-order valence-electron chi connectivity index (χ1n) is 5.78. The van der Waals surface area contributed by atoms with Crippen molar-refractivity contribution in [2.75, 3.05) is 0 Å². The van der Waals surface area contributed by atoms with Gasteiger partial charge in [0.1, 0.15) is 11.5 Å². The second kappa shape index (κ2) is 4.73. The minimum absolute atomic E-state index is 0.0254. The van der Waals surface area contributed by atoms with Crippen LogP contribution in [0, 0.1) is 27.7 Å². The minimum atomic E-state index is 0.0254. The summed E-state index contributed by atoms with van der Waals surface area (Å²) in [6.45, 7) is 7.60. The Morgan fingerprint density at radius 2 is 1.67 bits per heavy atom. The highest BCUT2D eigenvalue weighted by atomic mass is 79.9. The smallest absolute Gasteiger partial charge is 0.196 e. The summed E-state index contributed by atoms with van der Waals surface area (Å²) in [4.78, 5) is 12.5. The van der Waals surface area contributed by atoms with E-state index in [1.54, 1.807) is 6.07 Å². The van der Waals surface area contributed by atoms with E-state index in [1.807, 2.05) is 39.8 Å². The van der Waals surface area contributed by atoms with Gasteiger partial charge in [0, 0.05) is 10.0 Å². The molecule has 2 rings (SSSR count). The van der Waals surface area contributed by atoms with Gasteiger partial charge in [-0.2, -0.15) is 0 Å². The molecule has 18 heavy (non-hydrogen) atoms. The monoisotopic (exact) mass is 306 g/mol. The van der Waals surface area contributed by atoms with Crippen molar-refractivity contribution < 1.29 is 9.21 Å². The van der Waals surface area contributed by atoms with Crippen LogP contribution in [-0.2, 0) is 0 Å². The van der Waals surface area contributed by atoms with Crippen molar-refractivity contribution in [2.45, 2.75) is 27.7 Å². The molecule has 0 aliphatic carbocycles. The fourth-order valence-corrected chi connectivity index (χ4v) is 2.48. The first kappa shape index (κ1) is 13.1. The van der Waals surface area contributed by atoms with E-state index in [9.17, 15) is 4.79 Å².